The number of hydrogen-bond donors (Lipinski definition) is 3. The molecule has 0 saturated carbocycles. The summed E-state index contributed by atoms with van der Waals surface area (Å²) in [7, 11) is -9.96. The highest BCUT2D eigenvalue weighted by atomic mass is 31.2. The predicted octanol–water partition coefficient (Wildman–Crippen LogP) is 20.8. The first-order chi connectivity index (χ1) is 46.7. The van der Waals surface area contributed by atoms with Gasteiger partial charge in [0.2, 0.25) is 0 Å². The van der Waals surface area contributed by atoms with Crippen LogP contribution in [0.25, 0.3) is 0 Å². The Kier molecular flexibility index (Phi) is 65.7. The molecular formula is C77H130O17P2. The third kappa shape index (κ3) is 68.0. The van der Waals surface area contributed by atoms with E-state index in [9.17, 15) is 43.2 Å². The van der Waals surface area contributed by atoms with Gasteiger partial charge < -0.3 is 33.8 Å². The van der Waals surface area contributed by atoms with Crippen molar-refractivity contribution in [2.24, 2.45) is 0 Å². The zero-order valence-electron chi connectivity index (χ0n) is 59.8. The molecule has 0 spiro atoms. The van der Waals surface area contributed by atoms with Gasteiger partial charge in [0.15, 0.2) is 12.2 Å². The van der Waals surface area contributed by atoms with E-state index in [4.69, 9.17) is 37.0 Å². The van der Waals surface area contributed by atoms with Gasteiger partial charge in [0, 0.05) is 25.7 Å². The number of carbonyl (C=O) groups is 4. The van der Waals surface area contributed by atoms with Crippen LogP contribution >= 0.6 is 15.6 Å². The first-order valence-corrected chi connectivity index (χ1v) is 39.8. The molecule has 0 amide bonds. The molecule has 0 aliphatic rings. The van der Waals surface area contributed by atoms with Gasteiger partial charge in [-0.15, -0.1) is 0 Å². The van der Waals surface area contributed by atoms with E-state index < -0.39 is 97.5 Å². The average molecular weight is 1390 g/mol. The van der Waals surface area contributed by atoms with Gasteiger partial charge in [-0.2, -0.15) is 0 Å². The van der Waals surface area contributed by atoms with E-state index in [1.165, 1.54) is 12.8 Å². The highest BCUT2D eigenvalue weighted by molar-refractivity contribution is 7.47. The number of rotatable bonds is 68. The van der Waals surface area contributed by atoms with E-state index >= 15 is 0 Å². The van der Waals surface area contributed by atoms with Gasteiger partial charge >= 0.3 is 39.5 Å². The van der Waals surface area contributed by atoms with Crippen molar-refractivity contribution in [1.29, 1.82) is 0 Å². The topological polar surface area (TPSA) is 237 Å². The molecule has 0 fully saturated rings. The largest absolute Gasteiger partial charge is 0.472 e. The van der Waals surface area contributed by atoms with Gasteiger partial charge in [0.05, 0.1) is 26.4 Å². The summed E-state index contributed by atoms with van der Waals surface area (Å²) in [6, 6.07) is 0. The van der Waals surface area contributed by atoms with Gasteiger partial charge in [-0.05, 0) is 141 Å². The smallest absolute Gasteiger partial charge is 0.462 e. The van der Waals surface area contributed by atoms with Gasteiger partial charge in [0.1, 0.15) is 19.3 Å². The third-order valence-electron chi connectivity index (χ3n) is 14.9. The maximum atomic E-state index is 13.1. The summed E-state index contributed by atoms with van der Waals surface area (Å²) >= 11 is 0. The van der Waals surface area contributed by atoms with Crippen LogP contribution in [0.3, 0.4) is 0 Å². The first-order valence-electron chi connectivity index (χ1n) is 36.8. The molecule has 19 heteroatoms. The highest BCUT2D eigenvalue weighted by Gasteiger charge is 2.30. The fourth-order valence-corrected chi connectivity index (χ4v) is 10.9. The van der Waals surface area contributed by atoms with Crippen molar-refractivity contribution in [3.63, 3.8) is 0 Å². The monoisotopic (exact) mass is 1390 g/mol. The molecule has 0 saturated heterocycles. The lowest BCUT2D eigenvalue weighted by atomic mass is 10.1. The lowest BCUT2D eigenvalue weighted by Crippen LogP contribution is -2.30. The molecule has 0 aromatic heterocycles. The average Bonchev–Trinajstić information content (AvgIpc) is 2.18. The van der Waals surface area contributed by atoms with Crippen molar-refractivity contribution < 1.29 is 80.2 Å². The van der Waals surface area contributed by atoms with Crippen molar-refractivity contribution in [2.45, 2.75) is 303 Å². The van der Waals surface area contributed by atoms with Crippen LogP contribution in [0, 0.1) is 0 Å². The lowest BCUT2D eigenvalue weighted by molar-refractivity contribution is -0.161. The maximum Gasteiger partial charge on any atom is 0.472 e. The Hall–Kier alpha value is -4.54. The minimum absolute atomic E-state index is 0.0669. The molecule has 0 aromatic carbocycles. The van der Waals surface area contributed by atoms with Crippen LogP contribution in [-0.2, 0) is 65.4 Å². The van der Waals surface area contributed by atoms with Crippen molar-refractivity contribution in [3.05, 3.63) is 122 Å². The van der Waals surface area contributed by atoms with E-state index in [2.05, 4.69) is 149 Å². The Labute approximate surface area is 581 Å². The number of phosphoric ester groups is 2. The number of aliphatic hydroxyl groups excluding tert-OH is 1. The molecule has 0 heterocycles. The lowest BCUT2D eigenvalue weighted by Gasteiger charge is -2.21. The standard InChI is InChI=1S/C77H130O17P2/c1-5-9-13-17-21-25-29-32-34-35-37-39-43-46-50-54-58-62-75(80)88-68-73(94-77(82)64-60-56-52-48-44-40-36-33-30-26-22-18-14-10-6-2)70-92-96(85,86)90-66-71(78)65-89-95(83,84)91-69-72(93-76(81)63-59-55-51-47-41-28-24-20-16-12-8-4)67-87-74(79)61-57-53-49-45-42-38-31-27-23-19-15-11-7-3/h9-10,13-15,19-22,24-27,31-34,36-37,39,71-73,78H,5-8,11-12,16-18,23,28-30,35,38,40-70H2,1-4H3,(H,83,84)(H,85,86)/b13-9-,14-10-,19-15-,24-20-,25-21-,26-22-,31-27-,34-32-,36-33-,39-37-. The van der Waals surface area contributed by atoms with E-state index in [1.807, 2.05) is 0 Å². The summed E-state index contributed by atoms with van der Waals surface area (Å²) in [5, 5.41) is 10.6. The molecule has 3 N–H and O–H groups in total. The molecule has 550 valence electrons. The summed E-state index contributed by atoms with van der Waals surface area (Å²) in [6.07, 6.45) is 73.4. The number of unbranched alkanes of at least 4 members (excludes halogenated alkanes) is 22. The van der Waals surface area contributed by atoms with Crippen LogP contribution in [0.1, 0.15) is 285 Å². The molecule has 17 nitrogen and oxygen atoms in total. The molecule has 0 bridgehead atoms. The Balaban J connectivity index is 5.38. The van der Waals surface area contributed by atoms with Gasteiger partial charge in [-0.25, -0.2) is 9.13 Å². The highest BCUT2D eigenvalue weighted by Crippen LogP contribution is 2.45. The minimum Gasteiger partial charge on any atom is -0.462 e. The zero-order valence-corrected chi connectivity index (χ0v) is 61.5. The van der Waals surface area contributed by atoms with E-state index in [0.717, 1.165) is 193 Å². The molecule has 0 rings (SSSR count). The summed E-state index contributed by atoms with van der Waals surface area (Å²) in [5.74, 6) is -2.25. The second kappa shape index (κ2) is 69.0. The fraction of sp³-hybridized carbons (Fsp3) is 0.688. The second-order valence-electron chi connectivity index (χ2n) is 24.1. The van der Waals surface area contributed by atoms with E-state index in [1.54, 1.807) is 0 Å². The van der Waals surface area contributed by atoms with Crippen molar-refractivity contribution in [1.82, 2.24) is 0 Å². The summed E-state index contributed by atoms with van der Waals surface area (Å²) < 4.78 is 68.3. The molecule has 5 unspecified atom stereocenters. The maximum absolute atomic E-state index is 13.1. The van der Waals surface area contributed by atoms with Crippen LogP contribution in [-0.4, -0.2) is 96.7 Å². The number of hydrogen-bond acceptors (Lipinski definition) is 15. The Morgan fingerprint density at radius 2 is 0.562 bits per heavy atom. The molecule has 0 radical (unpaired) electrons. The molecule has 5 atom stereocenters. The minimum atomic E-state index is -4.99. The quantitative estimate of drug-likeness (QED) is 0.0169. The summed E-state index contributed by atoms with van der Waals surface area (Å²) in [5.41, 5.74) is 0. The molecule has 0 aliphatic heterocycles. The number of phosphoric acid groups is 2. The van der Waals surface area contributed by atoms with Gasteiger partial charge in [-0.1, -0.05) is 239 Å². The predicted molar refractivity (Wildman–Crippen MR) is 390 cm³/mol. The third-order valence-corrected chi connectivity index (χ3v) is 16.8. The zero-order chi connectivity index (χ0) is 70.4. The molecule has 0 aromatic rings. The van der Waals surface area contributed by atoms with Gasteiger partial charge in [0.25, 0.3) is 0 Å². The van der Waals surface area contributed by atoms with E-state index in [-0.39, 0.29) is 25.7 Å². The van der Waals surface area contributed by atoms with Crippen LogP contribution in [0.4, 0.5) is 0 Å². The number of carbonyl (C=O) groups excluding carboxylic acids is 4. The summed E-state index contributed by atoms with van der Waals surface area (Å²) in [4.78, 5) is 72.7. The van der Waals surface area contributed by atoms with Crippen LogP contribution < -0.4 is 0 Å². The number of esters is 4. The van der Waals surface area contributed by atoms with Crippen molar-refractivity contribution in [3.8, 4) is 0 Å². The van der Waals surface area contributed by atoms with Crippen LogP contribution in [0.15, 0.2) is 122 Å². The number of ether oxygens (including phenoxy) is 4. The van der Waals surface area contributed by atoms with Crippen molar-refractivity contribution >= 4 is 39.5 Å². The van der Waals surface area contributed by atoms with Gasteiger partial charge in [-0.3, -0.25) is 37.3 Å². The van der Waals surface area contributed by atoms with Crippen molar-refractivity contribution in [2.75, 3.05) is 39.6 Å². The SMILES string of the molecule is CC/C=C\C/C=C\C/C=C\C/C=C\CCCCCCC(=O)OCC(COP(=O)(O)OCC(O)COP(=O)(O)OCC(COC(=O)CCCCCCC/C=C\C/C=C\CCC)OC(=O)CCCCCCC/C=C\CCCC)OC(=O)CCCCCCC/C=C\C/C=C\C/C=C\CC. The summed E-state index contributed by atoms with van der Waals surface area (Å²) in [6.45, 7) is 4.45. The Morgan fingerprint density at radius 1 is 0.302 bits per heavy atom. The molecule has 0 aliphatic carbocycles. The number of aliphatic hydroxyl groups is 1. The fourth-order valence-electron chi connectivity index (χ4n) is 9.30. The van der Waals surface area contributed by atoms with Crippen LogP contribution in [0.2, 0.25) is 0 Å². The van der Waals surface area contributed by atoms with Crippen LogP contribution in [0.5, 0.6) is 0 Å². The normalized spacial score (nSPS) is 14.7. The van der Waals surface area contributed by atoms with E-state index in [0.29, 0.717) is 25.7 Å². The molecule has 96 heavy (non-hydrogen) atoms. The second-order valence-corrected chi connectivity index (χ2v) is 27.0. The number of allylic oxidation sites excluding steroid dienone is 20. The Bertz CT molecular complexity index is 2300. The Morgan fingerprint density at radius 3 is 0.885 bits per heavy atom. The molecular weight excluding hydrogens is 1260 g/mol. The first kappa shape index (κ1) is 91.5.